The van der Waals surface area contributed by atoms with Crippen molar-refractivity contribution < 1.29 is 5.11 Å². The highest BCUT2D eigenvalue weighted by Crippen LogP contribution is 2.22. The molecule has 5 N–H and O–H groups in total. The van der Waals surface area contributed by atoms with Gasteiger partial charge in [0.15, 0.2) is 0 Å². The maximum Gasteiger partial charge on any atom is 0.329 e. The predicted molar refractivity (Wildman–Crippen MR) is 73.2 cm³/mol. The molecule has 0 radical (unpaired) electrons. The van der Waals surface area contributed by atoms with Gasteiger partial charge in [-0.1, -0.05) is 19.3 Å². The fraction of sp³-hybridized carbons (Fsp3) is 0.667. The molecule has 0 bridgehead atoms. The quantitative estimate of drug-likeness (QED) is 0.553. The molecule has 1 heterocycles. The molecule has 1 saturated carbocycles. The van der Waals surface area contributed by atoms with Gasteiger partial charge in [-0.3, -0.25) is 14.3 Å². The molecule has 0 saturated heterocycles. The van der Waals surface area contributed by atoms with Crippen molar-refractivity contribution in [2.75, 3.05) is 11.1 Å². The van der Waals surface area contributed by atoms with Gasteiger partial charge in [-0.15, -0.1) is 0 Å². The Morgan fingerprint density at radius 2 is 2.00 bits per heavy atom. The number of rotatable bonds is 2. The van der Waals surface area contributed by atoms with E-state index in [0.29, 0.717) is 6.42 Å². The van der Waals surface area contributed by atoms with Gasteiger partial charge in [0.25, 0.3) is 5.56 Å². The fourth-order valence-electron chi connectivity index (χ4n) is 2.42. The van der Waals surface area contributed by atoms with Crippen LogP contribution in [0.5, 0.6) is 0 Å². The Balaban J connectivity index is 2.30. The van der Waals surface area contributed by atoms with E-state index in [4.69, 9.17) is 5.73 Å². The second kappa shape index (κ2) is 5.48. The SMILES string of the molecule is Cn1c(N)c(NC2CCCCCC2O)c(=O)[nH]c1=O. The lowest BCUT2D eigenvalue weighted by molar-refractivity contribution is 0.144. The molecule has 0 amide bonds. The van der Waals surface area contributed by atoms with E-state index in [0.717, 1.165) is 25.7 Å². The number of nitrogen functional groups attached to an aromatic ring is 1. The second-order valence-corrected chi connectivity index (χ2v) is 5.03. The van der Waals surface area contributed by atoms with E-state index in [1.165, 1.54) is 11.6 Å². The van der Waals surface area contributed by atoms with E-state index in [2.05, 4.69) is 10.3 Å². The summed E-state index contributed by atoms with van der Waals surface area (Å²) in [5, 5.41) is 13.0. The number of anilines is 2. The number of aliphatic hydroxyl groups excluding tert-OH is 1. The van der Waals surface area contributed by atoms with Crippen molar-refractivity contribution in [1.82, 2.24) is 9.55 Å². The van der Waals surface area contributed by atoms with Gasteiger partial charge in [-0.05, 0) is 12.8 Å². The summed E-state index contributed by atoms with van der Waals surface area (Å²) in [6.07, 6.45) is 4.05. The van der Waals surface area contributed by atoms with Gasteiger partial charge in [-0.2, -0.15) is 0 Å². The van der Waals surface area contributed by atoms with Crippen LogP contribution in [-0.2, 0) is 7.05 Å². The van der Waals surface area contributed by atoms with Crippen LogP contribution in [-0.4, -0.2) is 26.8 Å². The number of nitrogens with one attached hydrogen (secondary N) is 2. The molecule has 1 aliphatic carbocycles. The highest BCUT2D eigenvalue weighted by Gasteiger charge is 2.23. The van der Waals surface area contributed by atoms with Crippen LogP contribution >= 0.6 is 0 Å². The Morgan fingerprint density at radius 3 is 2.74 bits per heavy atom. The lowest BCUT2D eigenvalue weighted by Gasteiger charge is -2.23. The molecule has 1 aromatic rings. The van der Waals surface area contributed by atoms with Crippen molar-refractivity contribution in [3.8, 4) is 0 Å². The maximum atomic E-state index is 11.8. The molecule has 1 aliphatic rings. The molecule has 19 heavy (non-hydrogen) atoms. The molecule has 1 fully saturated rings. The molecule has 0 aromatic carbocycles. The zero-order valence-corrected chi connectivity index (χ0v) is 11.0. The first-order chi connectivity index (χ1) is 9.00. The summed E-state index contributed by atoms with van der Waals surface area (Å²) >= 11 is 0. The average molecular weight is 268 g/mol. The number of nitrogens with two attached hydrogens (primary N) is 1. The van der Waals surface area contributed by atoms with E-state index in [-0.39, 0.29) is 17.5 Å². The minimum Gasteiger partial charge on any atom is -0.391 e. The fourth-order valence-corrected chi connectivity index (χ4v) is 2.42. The van der Waals surface area contributed by atoms with Gasteiger partial charge in [0.2, 0.25) is 0 Å². The van der Waals surface area contributed by atoms with Crippen LogP contribution in [0, 0.1) is 0 Å². The van der Waals surface area contributed by atoms with E-state index in [9.17, 15) is 14.7 Å². The molecule has 0 aliphatic heterocycles. The van der Waals surface area contributed by atoms with E-state index in [1.54, 1.807) is 0 Å². The van der Waals surface area contributed by atoms with Crippen molar-refractivity contribution in [2.45, 2.75) is 44.2 Å². The first-order valence-corrected chi connectivity index (χ1v) is 6.54. The zero-order chi connectivity index (χ0) is 14.0. The van der Waals surface area contributed by atoms with Crippen molar-refractivity contribution in [3.05, 3.63) is 20.8 Å². The zero-order valence-electron chi connectivity index (χ0n) is 11.0. The standard InChI is InChI=1S/C12H20N4O3/c1-16-10(13)9(11(18)15-12(16)19)14-7-5-3-2-4-6-8(7)17/h7-8,14,17H,2-6,13H2,1H3,(H,15,18,19). The highest BCUT2D eigenvalue weighted by atomic mass is 16.3. The second-order valence-electron chi connectivity index (χ2n) is 5.03. The topological polar surface area (TPSA) is 113 Å². The Bertz CT molecular complexity index is 563. The Kier molecular flexibility index (Phi) is 3.94. The average Bonchev–Trinajstić information content (AvgIpc) is 2.57. The molecule has 7 nitrogen and oxygen atoms in total. The Hall–Kier alpha value is -1.76. The number of aromatic nitrogens is 2. The van der Waals surface area contributed by atoms with Crippen LogP contribution in [0.2, 0.25) is 0 Å². The summed E-state index contributed by atoms with van der Waals surface area (Å²) in [5.74, 6) is 0.0881. The van der Waals surface area contributed by atoms with Crippen molar-refractivity contribution in [2.24, 2.45) is 7.05 Å². The summed E-state index contributed by atoms with van der Waals surface area (Å²) < 4.78 is 1.17. The van der Waals surface area contributed by atoms with Crippen LogP contribution in [0.25, 0.3) is 0 Å². The van der Waals surface area contributed by atoms with E-state index >= 15 is 0 Å². The number of hydrogen-bond donors (Lipinski definition) is 4. The van der Waals surface area contributed by atoms with Gasteiger partial charge in [0, 0.05) is 7.05 Å². The first kappa shape index (κ1) is 13.7. The van der Waals surface area contributed by atoms with Crippen LogP contribution < -0.4 is 22.3 Å². The van der Waals surface area contributed by atoms with E-state index < -0.39 is 17.4 Å². The van der Waals surface area contributed by atoms with Gasteiger partial charge in [-0.25, -0.2) is 4.79 Å². The molecule has 0 spiro atoms. The van der Waals surface area contributed by atoms with Gasteiger partial charge in [0.05, 0.1) is 12.1 Å². The van der Waals surface area contributed by atoms with E-state index in [1.807, 2.05) is 0 Å². The smallest absolute Gasteiger partial charge is 0.329 e. The summed E-state index contributed by atoms with van der Waals surface area (Å²) in [4.78, 5) is 25.4. The molecular formula is C12H20N4O3. The molecule has 2 rings (SSSR count). The lowest BCUT2D eigenvalue weighted by Crippen LogP contribution is -2.38. The highest BCUT2D eigenvalue weighted by molar-refractivity contribution is 5.60. The van der Waals surface area contributed by atoms with Crippen molar-refractivity contribution in [1.29, 1.82) is 0 Å². The number of aliphatic hydroxyl groups is 1. The minimum atomic E-state index is -0.547. The number of nitrogens with zero attached hydrogens (tertiary/aromatic N) is 1. The Labute approximate surface area is 110 Å². The molecular weight excluding hydrogens is 248 g/mol. The first-order valence-electron chi connectivity index (χ1n) is 6.54. The van der Waals surface area contributed by atoms with Crippen molar-refractivity contribution >= 4 is 11.5 Å². The maximum absolute atomic E-state index is 11.8. The third-order valence-corrected chi connectivity index (χ3v) is 3.68. The molecule has 2 unspecified atom stereocenters. The molecule has 106 valence electrons. The third kappa shape index (κ3) is 2.81. The largest absolute Gasteiger partial charge is 0.391 e. The minimum absolute atomic E-state index is 0.0881. The number of hydrogen-bond acceptors (Lipinski definition) is 5. The third-order valence-electron chi connectivity index (χ3n) is 3.68. The number of H-pyrrole nitrogens is 1. The van der Waals surface area contributed by atoms with Crippen LogP contribution in [0.1, 0.15) is 32.1 Å². The predicted octanol–water partition coefficient (Wildman–Crippen LogP) is -0.239. The van der Waals surface area contributed by atoms with Crippen molar-refractivity contribution in [3.63, 3.8) is 0 Å². The summed E-state index contributed by atoms with van der Waals surface area (Å²) in [6, 6.07) is -0.205. The summed E-state index contributed by atoms with van der Waals surface area (Å²) in [5.41, 5.74) is 4.85. The van der Waals surface area contributed by atoms with Gasteiger partial charge in [0.1, 0.15) is 11.5 Å². The summed E-state index contributed by atoms with van der Waals surface area (Å²) in [7, 11) is 1.49. The van der Waals surface area contributed by atoms with Crippen LogP contribution in [0.15, 0.2) is 9.59 Å². The lowest BCUT2D eigenvalue weighted by atomic mass is 10.1. The molecule has 1 aromatic heterocycles. The van der Waals surface area contributed by atoms with Gasteiger partial charge < -0.3 is 16.2 Å². The monoisotopic (exact) mass is 268 g/mol. The number of aromatic amines is 1. The summed E-state index contributed by atoms with van der Waals surface area (Å²) in [6.45, 7) is 0. The van der Waals surface area contributed by atoms with Crippen LogP contribution in [0.4, 0.5) is 11.5 Å². The Morgan fingerprint density at radius 1 is 1.32 bits per heavy atom. The van der Waals surface area contributed by atoms with Gasteiger partial charge >= 0.3 is 5.69 Å². The molecule has 7 heteroatoms. The molecule has 2 atom stereocenters. The van der Waals surface area contributed by atoms with Crippen LogP contribution in [0.3, 0.4) is 0 Å². The normalized spacial score (nSPS) is 23.9.